The third-order valence-corrected chi connectivity index (χ3v) is 3.92. The maximum absolute atomic E-state index is 4.08. The van der Waals surface area contributed by atoms with Gasteiger partial charge in [-0.05, 0) is 18.1 Å². The maximum atomic E-state index is 4.08. The van der Waals surface area contributed by atoms with Crippen LogP contribution >= 0.6 is 21.6 Å². The Morgan fingerprint density at radius 1 is 1.42 bits per heavy atom. The zero-order valence-electron chi connectivity index (χ0n) is 7.41. The molecule has 2 heterocycles. The summed E-state index contributed by atoms with van der Waals surface area (Å²) in [7, 11) is 3.79. The first-order valence-corrected chi connectivity index (χ1v) is 6.51. The average molecular weight is 199 g/mol. The molecule has 1 aromatic heterocycles. The van der Waals surface area contributed by atoms with Crippen molar-refractivity contribution in [1.29, 1.82) is 0 Å². The Morgan fingerprint density at radius 3 is 3.00 bits per heavy atom. The third kappa shape index (κ3) is 2.42. The van der Waals surface area contributed by atoms with Crippen molar-refractivity contribution in [3.05, 3.63) is 24.0 Å². The van der Waals surface area contributed by atoms with Gasteiger partial charge < -0.3 is 0 Å². The van der Waals surface area contributed by atoms with Crippen molar-refractivity contribution in [2.24, 2.45) is 0 Å². The van der Waals surface area contributed by atoms with Gasteiger partial charge in [0.1, 0.15) is 0 Å². The summed E-state index contributed by atoms with van der Waals surface area (Å²) in [6.07, 6.45) is 5.01. The molecular weight excluding hydrogens is 186 g/mol. The molecule has 1 nitrogen and oxygen atoms in total. The van der Waals surface area contributed by atoms with Crippen LogP contribution in [0.5, 0.6) is 0 Å². The fourth-order valence-corrected chi connectivity index (χ4v) is 3.20. The van der Waals surface area contributed by atoms with Crippen LogP contribution in [0.1, 0.15) is 19.4 Å². The normalized spacial score (nSPS) is 14.2. The van der Waals surface area contributed by atoms with E-state index in [4.69, 9.17) is 0 Å². The van der Waals surface area contributed by atoms with Crippen molar-refractivity contribution in [3.8, 4) is 0 Å². The lowest BCUT2D eigenvalue weighted by Gasteiger charge is -2.11. The van der Waals surface area contributed by atoms with Crippen molar-refractivity contribution in [2.45, 2.75) is 25.2 Å². The number of rotatable bonds is 0. The SMILES string of the molecule is CC.c1cc2c(cn1)CCSS2. The predicted octanol–water partition coefficient (Wildman–Crippen LogP) is 3.40. The Balaban J connectivity index is 0.000000336. The Morgan fingerprint density at radius 2 is 2.25 bits per heavy atom. The molecule has 66 valence electrons. The summed E-state index contributed by atoms with van der Waals surface area (Å²) in [6.45, 7) is 4.00. The molecule has 3 heteroatoms. The van der Waals surface area contributed by atoms with E-state index in [0.717, 1.165) is 0 Å². The highest BCUT2D eigenvalue weighted by molar-refractivity contribution is 8.76. The minimum absolute atomic E-state index is 1.18. The van der Waals surface area contributed by atoms with Gasteiger partial charge in [-0.1, -0.05) is 35.4 Å². The monoisotopic (exact) mass is 199 g/mol. The van der Waals surface area contributed by atoms with Crippen molar-refractivity contribution >= 4 is 21.6 Å². The van der Waals surface area contributed by atoms with Gasteiger partial charge >= 0.3 is 0 Å². The van der Waals surface area contributed by atoms with E-state index in [1.807, 2.05) is 47.8 Å². The summed E-state index contributed by atoms with van der Waals surface area (Å²) in [4.78, 5) is 5.47. The molecule has 12 heavy (non-hydrogen) atoms. The summed E-state index contributed by atoms with van der Waals surface area (Å²) >= 11 is 0. The van der Waals surface area contributed by atoms with Crippen LogP contribution in [-0.2, 0) is 6.42 Å². The van der Waals surface area contributed by atoms with Gasteiger partial charge in [-0.3, -0.25) is 4.98 Å². The van der Waals surface area contributed by atoms with Crippen molar-refractivity contribution in [3.63, 3.8) is 0 Å². The molecule has 0 aromatic carbocycles. The second kappa shape index (κ2) is 5.49. The smallest absolute Gasteiger partial charge is 0.0311 e. The van der Waals surface area contributed by atoms with E-state index in [1.165, 1.54) is 22.6 Å². The Kier molecular flexibility index (Phi) is 4.54. The number of pyridine rings is 1. The molecule has 0 radical (unpaired) electrons. The van der Waals surface area contributed by atoms with E-state index in [-0.39, 0.29) is 0 Å². The minimum Gasteiger partial charge on any atom is -0.264 e. The fraction of sp³-hybridized carbons (Fsp3) is 0.444. The van der Waals surface area contributed by atoms with Crippen LogP contribution in [0, 0.1) is 0 Å². The van der Waals surface area contributed by atoms with Crippen molar-refractivity contribution < 1.29 is 0 Å². The van der Waals surface area contributed by atoms with Crippen LogP contribution in [-0.4, -0.2) is 10.7 Å². The number of aromatic nitrogens is 1. The molecular formula is C9H13NS2. The molecule has 0 aliphatic carbocycles. The van der Waals surface area contributed by atoms with Gasteiger partial charge in [0, 0.05) is 23.0 Å². The van der Waals surface area contributed by atoms with Gasteiger partial charge in [-0.15, -0.1) is 0 Å². The van der Waals surface area contributed by atoms with Gasteiger partial charge in [0.05, 0.1) is 0 Å². The molecule has 0 unspecified atom stereocenters. The van der Waals surface area contributed by atoms with Gasteiger partial charge in [0.15, 0.2) is 0 Å². The highest BCUT2D eigenvalue weighted by Crippen LogP contribution is 2.37. The number of hydrogen-bond acceptors (Lipinski definition) is 3. The first-order chi connectivity index (χ1) is 5.97. The van der Waals surface area contributed by atoms with Crippen LogP contribution in [0.3, 0.4) is 0 Å². The van der Waals surface area contributed by atoms with Gasteiger partial charge in [0.25, 0.3) is 0 Å². The second-order valence-electron chi connectivity index (χ2n) is 2.14. The topological polar surface area (TPSA) is 12.9 Å². The first kappa shape index (κ1) is 9.93. The second-order valence-corrected chi connectivity index (χ2v) is 4.60. The summed E-state index contributed by atoms with van der Waals surface area (Å²) in [6, 6.07) is 2.09. The third-order valence-electron chi connectivity index (χ3n) is 1.46. The average Bonchev–Trinajstić information content (AvgIpc) is 2.21. The molecule has 1 aliphatic heterocycles. The molecule has 0 amide bonds. The Bertz CT molecular complexity index is 213. The summed E-state index contributed by atoms with van der Waals surface area (Å²) in [5.74, 6) is 1.23. The van der Waals surface area contributed by atoms with E-state index in [0.29, 0.717) is 0 Å². The highest BCUT2D eigenvalue weighted by atomic mass is 33.1. The maximum Gasteiger partial charge on any atom is 0.0311 e. The minimum atomic E-state index is 1.18. The molecule has 1 aliphatic rings. The summed E-state index contributed by atoms with van der Waals surface area (Å²) in [5.41, 5.74) is 1.41. The van der Waals surface area contributed by atoms with Crippen molar-refractivity contribution in [2.75, 3.05) is 5.75 Å². The van der Waals surface area contributed by atoms with Gasteiger partial charge in [-0.2, -0.15) is 0 Å². The number of hydrogen-bond donors (Lipinski definition) is 0. The van der Waals surface area contributed by atoms with E-state index in [1.54, 1.807) is 0 Å². The lowest BCUT2D eigenvalue weighted by Crippen LogP contribution is -1.95. The molecule has 0 spiro atoms. The first-order valence-electron chi connectivity index (χ1n) is 4.19. The zero-order valence-corrected chi connectivity index (χ0v) is 9.04. The zero-order chi connectivity index (χ0) is 8.81. The van der Waals surface area contributed by atoms with Gasteiger partial charge in [0.2, 0.25) is 0 Å². The van der Waals surface area contributed by atoms with E-state index in [9.17, 15) is 0 Å². The summed E-state index contributed by atoms with van der Waals surface area (Å²) in [5, 5.41) is 0. The van der Waals surface area contributed by atoms with Crippen LogP contribution in [0.15, 0.2) is 23.4 Å². The molecule has 0 saturated heterocycles. The molecule has 0 fully saturated rings. The van der Waals surface area contributed by atoms with Gasteiger partial charge in [-0.25, -0.2) is 0 Å². The van der Waals surface area contributed by atoms with E-state index >= 15 is 0 Å². The van der Waals surface area contributed by atoms with Crippen LogP contribution in [0.25, 0.3) is 0 Å². The van der Waals surface area contributed by atoms with Crippen LogP contribution in [0.4, 0.5) is 0 Å². The van der Waals surface area contributed by atoms with E-state index in [2.05, 4.69) is 11.1 Å². The Labute approximate surface area is 81.8 Å². The highest BCUT2D eigenvalue weighted by Gasteiger charge is 2.08. The fourth-order valence-electron chi connectivity index (χ4n) is 0.940. The molecule has 0 saturated carbocycles. The Hall–Kier alpha value is -0.150. The molecule has 0 N–H and O–H groups in total. The van der Waals surface area contributed by atoms with E-state index < -0.39 is 0 Å². The standard InChI is InChI=1S/C7H7NS2.C2H6/c1-3-8-5-6-2-4-9-10-7(1)6;1-2/h1,3,5H,2,4H2;1-2H3. The number of aryl methyl sites for hydroxylation is 1. The molecule has 1 aromatic rings. The lowest BCUT2D eigenvalue weighted by atomic mass is 10.2. The molecule has 0 atom stereocenters. The number of fused-ring (bicyclic) bond motifs is 1. The summed E-state index contributed by atoms with van der Waals surface area (Å²) < 4.78 is 0. The molecule has 0 bridgehead atoms. The van der Waals surface area contributed by atoms with Crippen LogP contribution in [0.2, 0.25) is 0 Å². The lowest BCUT2D eigenvalue weighted by molar-refractivity contribution is 1.05. The predicted molar refractivity (Wildman–Crippen MR) is 57.6 cm³/mol. The van der Waals surface area contributed by atoms with Crippen LogP contribution < -0.4 is 0 Å². The number of nitrogens with zero attached hydrogens (tertiary/aromatic N) is 1. The van der Waals surface area contributed by atoms with Crippen molar-refractivity contribution in [1.82, 2.24) is 4.98 Å². The molecule has 2 rings (SSSR count). The quantitative estimate of drug-likeness (QED) is 0.594. The largest absolute Gasteiger partial charge is 0.264 e.